The molecule has 5 aromatic heterocycles. The Morgan fingerprint density at radius 3 is 2.90 bits per heavy atom. The molecule has 2 N–H and O–H groups in total. The summed E-state index contributed by atoms with van der Waals surface area (Å²) in [5.74, 6) is 1.52. The Bertz CT molecular complexity index is 1510. The summed E-state index contributed by atoms with van der Waals surface area (Å²) in [5.41, 5.74) is 6.43. The summed E-state index contributed by atoms with van der Waals surface area (Å²) in [5, 5.41) is 18.7. The normalized spacial score (nSPS) is 15.6. The van der Waals surface area contributed by atoms with Crippen LogP contribution in [-0.4, -0.2) is 63.1 Å². The van der Waals surface area contributed by atoms with Crippen LogP contribution >= 0.6 is 22.9 Å². The predicted octanol–water partition coefficient (Wildman–Crippen LogP) is 4.46. The molecule has 14 heteroatoms. The third-order valence-corrected chi connectivity index (χ3v) is 7.70. The van der Waals surface area contributed by atoms with Crippen molar-refractivity contribution in [2.24, 2.45) is 5.92 Å². The largest absolute Gasteiger partial charge is 0.328 e. The van der Waals surface area contributed by atoms with Crippen LogP contribution in [0, 0.1) is 12.8 Å². The quantitative estimate of drug-likeness (QED) is 0.262. The maximum Gasteiger partial charge on any atom is 0.213 e. The van der Waals surface area contributed by atoms with Crippen molar-refractivity contribution in [2.45, 2.75) is 46.7 Å². The van der Waals surface area contributed by atoms with Crippen LogP contribution in [-0.2, 0) is 17.9 Å². The minimum Gasteiger partial charge on any atom is -0.328 e. The molecule has 5 aromatic rings. The third kappa shape index (κ3) is 6.64. The molecular weight excluding hydrogens is 534 g/mol. The molecule has 204 valence electrons. The minimum atomic E-state index is 0.528. The van der Waals surface area contributed by atoms with Gasteiger partial charge in [0.15, 0.2) is 11.5 Å². The van der Waals surface area contributed by atoms with Crippen LogP contribution in [0.5, 0.6) is 0 Å². The van der Waals surface area contributed by atoms with Gasteiger partial charge in [0.25, 0.3) is 0 Å². The molecule has 1 unspecified atom stereocenters. The highest BCUT2D eigenvalue weighted by molar-refractivity contribution is 7.13. The molecule has 1 aliphatic rings. The summed E-state index contributed by atoms with van der Waals surface area (Å²) in [6.07, 6.45) is 11.0. The minimum absolute atomic E-state index is 0.528. The standard InChI is InChI=1S/C22H28N8S.C3H3N3OS/c1-4-29-13-17(9-24-29)19-10-23-22-21(25-16(3)12-30(19)22)26-20-8-18(27-31-20)14-28-7-5-6-15(2)11-28;7-1-4-3-6-5-2-8-3/h8-10,12-13,15H,4-7,11,14H2,1-3H3,(H,25,26);1-2H,(H,4,6,7). The topological polar surface area (TPSA) is 131 Å². The molecule has 1 aliphatic heterocycles. The van der Waals surface area contributed by atoms with Crippen LogP contribution in [0.15, 0.2) is 36.4 Å². The van der Waals surface area contributed by atoms with Crippen LogP contribution in [0.4, 0.5) is 16.0 Å². The molecule has 0 aliphatic carbocycles. The van der Waals surface area contributed by atoms with Gasteiger partial charge in [0.2, 0.25) is 11.5 Å². The second-order valence-electron chi connectivity index (χ2n) is 9.45. The number of aryl methyl sites for hydroxylation is 2. The number of carbonyl (C=O) groups excluding carboxylic acids is 1. The highest BCUT2D eigenvalue weighted by Gasteiger charge is 2.18. The smallest absolute Gasteiger partial charge is 0.213 e. The van der Waals surface area contributed by atoms with Crippen molar-refractivity contribution in [2.75, 3.05) is 23.7 Å². The SMILES string of the molecule is CCn1cc(-c2cnc3c(Nc4cc(CN5CCCC(C)C5)ns4)nc(C)cn23)cn1.O=CNc1nncs1. The molecule has 0 bridgehead atoms. The van der Waals surface area contributed by atoms with Gasteiger partial charge in [0.05, 0.1) is 29.5 Å². The van der Waals surface area contributed by atoms with Crippen LogP contribution in [0.1, 0.15) is 38.1 Å². The molecule has 6 heterocycles. The van der Waals surface area contributed by atoms with E-state index >= 15 is 0 Å². The molecular formula is C25H31N11OS2. The first-order chi connectivity index (χ1) is 19.0. The molecule has 0 radical (unpaired) electrons. The van der Waals surface area contributed by atoms with Crippen molar-refractivity contribution < 1.29 is 4.79 Å². The fourth-order valence-electron chi connectivity index (χ4n) is 4.58. The van der Waals surface area contributed by atoms with E-state index in [1.54, 1.807) is 5.51 Å². The second kappa shape index (κ2) is 12.4. The Kier molecular flexibility index (Phi) is 8.54. The van der Waals surface area contributed by atoms with Crippen molar-refractivity contribution in [3.8, 4) is 11.3 Å². The van der Waals surface area contributed by atoms with Gasteiger partial charge in [-0.2, -0.15) is 9.47 Å². The van der Waals surface area contributed by atoms with E-state index in [0.29, 0.717) is 11.5 Å². The molecule has 39 heavy (non-hydrogen) atoms. The van der Waals surface area contributed by atoms with Gasteiger partial charge in [-0.3, -0.25) is 18.8 Å². The summed E-state index contributed by atoms with van der Waals surface area (Å²) < 4.78 is 8.67. The molecule has 6 rings (SSSR count). The molecule has 0 aromatic carbocycles. The van der Waals surface area contributed by atoms with Gasteiger partial charge in [-0.25, -0.2) is 9.97 Å². The Hall–Kier alpha value is -3.75. The molecule has 12 nitrogen and oxygen atoms in total. The van der Waals surface area contributed by atoms with Crippen molar-refractivity contribution in [1.29, 1.82) is 0 Å². The molecule has 0 saturated carbocycles. The van der Waals surface area contributed by atoms with Gasteiger partial charge in [0, 0.05) is 37.6 Å². The van der Waals surface area contributed by atoms with Gasteiger partial charge >= 0.3 is 0 Å². The van der Waals surface area contributed by atoms with Crippen molar-refractivity contribution in [3.05, 3.63) is 47.8 Å². The number of likely N-dealkylation sites (tertiary alicyclic amines) is 1. The Morgan fingerprint density at radius 1 is 1.26 bits per heavy atom. The number of carbonyl (C=O) groups is 1. The lowest BCUT2D eigenvalue weighted by molar-refractivity contribution is -0.105. The number of piperidine rings is 1. The number of anilines is 3. The molecule has 1 fully saturated rings. The number of imidazole rings is 1. The van der Waals surface area contributed by atoms with E-state index < -0.39 is 0 Å². The van der Waals surface area contributed by atoms with Gasteiger partial charge < -0.3 is 10.6 Å². The number of nitrogens with one attached hydrogen (secondary N) is 2. The summed E-state index contributed by atoms with van der Waals surface area (Å²) in [7, 11) is 0. The number of hydrogen-bond donors (Lipinski definition) is 2. The van der Waals surface area contributed by atoms with Crippen LogP contribution < -0.4 is 10.6 Å². The van der Waals surface area contributed by atoms with Gasteiger partial charge in [-0.05, 0) is 56.8 Å². The van der Waals surface area contributed by atoms with E-state index in [4.69, 9.17) is 4.98 Å². The summed E-state index contributed by atoms with van der Waals surface area (Å²) in [4.78, 5) is 21.6. The van der Waals surface area contributed by atoms with E-state index in [-0.39, 0.29) is 0 Å². The number of amides is 1. The van der Waals surface area contributed by atoms with Gasteiger partial charge in [-0.1, -0.05) is 18.3 Å². The van der Waals surface area contributed by atoms with Gasteiger partial charge in [0.1, 0.15) is 10.5 Å². The maximum absolute atomic E-state index is 9.70. The first-order valence-electron chi connectivity index (χ1n) is 12.8. The number of fused-ring (bicyclic) bond motifs is 1. The van der Waals surface area contributed by atoms with Crippen molar-refractivity contribution >= 4 is 50.9 Å². The van der Waals surface area contributed by atoms with Crippen molar-refractivity contribution in [1.82, 2.24) is 43.6 Å². The summed E-state index contributed by atoms with van der Waals surface area (Å²) >= 11 is 2.76. The average Bonchev–Trinajstić information content (AvgIpc) is 3.72. The summed E-state index contributed by atoms with van der Waals surface area (Å²) in [6.45, 7) is 10.5. The van der Waals surface area contributed by atoms with E-state index in [1.165, 1.54) is 35.7 Å². The van der Waals surface area contributed by atoms with E-state index in [9.17, 15) is 4.79 Å². The molecule has 1 atom stereocenters. The van der Waals surface area contributed by atoms with Crippen LogP contribution in [0.2, 0.25) is 0 Å². The average molecular weight is 566 g/mol. The monoisotopic (exact) mass is 565 g/mol. The Balaban J connectivity index is 0.000000332. The van der Waals surface area contributed by atoms with E-state index in [1.807, 2.05) is 36.4 Å². The zero-order valence-corrected chi connectivity index (χ0v) is 23.7. The highest BCUT2D eigenvalue weighted by Crippen LogP contribution is 2.28. The first kappa shape index (κ1) is 26.8. The van der Waals surface area contributed by atoms with Crippen molar-refractivity contribution in [3.63, 3.8) is 0 Å². The molecule has 0 spiro atoms. The van der Waals surface area contributed by atoms with E-state index in [0.717, 1.165) is 71.2 Å². The van der Waals surface area contributed by atoms with Crippen LogP contribution in [0.3, 0.4) is 0 Å². The number of aromatic nitrogens is 8. The fraction of sp³-hybridized carbons (Fsp3) is 0.400. The zero-order chi connectivity index (χ0) is 27.2. The van der Waals surface area contributed by atoms with E-state index in [2.05, 4.69) is 64.5 Å². The number of nitrogens with zero attached hydrogens (tertiary/aromatic N) is 9. The lowest BCUT2D eigenvalue weighted by atomic mass is 10.0. The third-order valence-electron chi connectivity index (χ3n) is 6.34. The predicted molar refractivity (Wildman–Crippen MR) is 153 cm³/mol. The fourth-order valence-corrected chi connectivity index (χ4v) is 5.64. The number of hydrogen-bond acceptors (Lipinski definition) is 11. The number of rotatable bonds is 8. The lowest BCUT2D eigenvalue weighted by Gasteiger charge is -2.30. The second-order valence-corrected chi connectivity index (χ2v) is 11.1. The van der Waals surface area contributed by atoms with Crippen LogP contribution in [0.25, 0.3) is 16.9 Å². The summed E-state index contributed by atoms with van der Waals surface area (Å²) in [6, 6.07) is 2.14. The molecule has 1 amide bonds. The zero-order valence-electron chi connectivity index (χ0n) is 22.1. The Labute approximate surface area is 234 Å². The first-order valence-corrected chi connectivity index (χ1v) is 14.5. The Morgan fingerprint density at radius 2 is 2.15 bits per heavy atom. The highest BCUT2D eigenvalue weighted by atomic mass is 32.1. The maximum atomic E-state index is 9.70. The lowest BCUT2D eigenvalue weighted by Crippen LogP contribution is -2.33. The van der Waals surface area contributed by atoms with Gasteiger partial charge in [-0.15, -0.1) is 10.2 Å². The molecule has 1 saturated heterocycles.